The number of allylic oxidation sites excluding steroid dienone is 4. The first-order chi connectivity index (χ1) is 19.5. The Kier molecular flexibility index (Phi) is 9.90. The molecule has 5 heteroatoms. The number of nitrogens with zero attached hydrogens (tertiary/aromatic N) is 2. The van der Waals surface area contributed by atoms with Crippen molar-refractivity contribution in [3.05, 3.63) is 69.3 Å². The van der Waals surface area contributed by atoms with Crippen molar-refractivity contribution in [2.45, 2.75) is 107 Å². The number of nitrogens with one attached hydrogen (secondary N) is 2. The van der Waals surface area contributed by atoms with Crippen LogP contribution in [0.4, 0.5) is 0 Å². The van der Waals surface area contributed by atoms with Gasteiger partial charge < -0.3 is 9.97 Å². The fourth-order valence-electron chi connectivity index (χ4n) is 7.10. The molecule has 5 rings (SSSR count). The van der Waals surface area contributed by atoms with E-state index in [1.54, 1.807) is 0 Å². The number of aromatic nitrogens is 4. The predicted octanol–water partition coefficient (Wildman–Crippen LogP) is 10.0. The van der Waals surface area contributed by atoms with Crippen LogP contribution in [0.25, 0.3) is 44.4 Å². The van der Waals surface area contributed by atoms with Crippen molar-refractivity contribution < 1.29 is 19.5 Å². The van der Waals surface area contributed by atoms with Crippen LogP contribution >= 0.6 is 0 Å². The minimum Gasteiger partial charge on any atom is -0.355 e. The van der Waals surface area contributed by atoms with Crippen LogP contribution < -0.4 is 0 Å². The van der Waals surface area contributed by atoms with Crippen LogP contribution in [-0.2, 0) is 45.2 Å². The summed E-state index contributed by atoms with van der Waals surface area (Å²) in [6, 6.07) is 9.24. The average Bonchev–Trinajstić information content (AvgIpc) is 3.67. The topological polar surface area (TPSA) is 57.4 Å². The zero-order valence-electron chi connectivity index (χ0n) is 26.2. The fraction of sp³-hybridized carbons (Fsp3) is 0.444. The van der Waals surface area contributed by atoms with Crippen molar-refractivity contribution >= 4 is 44.4 Å². The van der Waals surface area contributed by atoms with Gasteiger partial charge in [-0.1, -0.05) is 55.4 Å². The van der Waals surface area contributed by atoms with E-state index in [2.05, 4.69) is 89.6 Å². The van der Waals surface area contributed by atoms with Gasteiger partial charge in [0.25, 0.3) is 0 Å². The van der Waals surface area contributed by atoms with E-state index in [9.17, 15) is 0 Å². The third-order valence-corrected chi connectivity index (χ3v) is 8.97. The Hall–Kier alpha value is -2.78. The van der Waals surface area contributed by atoms with Crippen LogP contribution in [0.15, 0.2) is 24.3 Å². The molecule has 8 bridgehead atoms. The number of hydrogen-bond donors (Lipinski definition) is 2. The molecule has 0 spiro atoms. The second-order valence-corrected chi connectivity index (χ2v) is 10.9. The number of hydrogen-bond acceptors (Lipinski definition) is 2. The number of aryl methyl sites for hydroxylation is 4. The third kappa shape index (κ3) is 5.31. The third-order valence-electron chi connectivity index (χ3n) is 8.97. The maximum absolute atomic E-state index is 5.28. The van der Waals surface area contributed by atoms with Crippen LogP contribution in [0.3, 0.4) is 0 Å². The molecular formula is C36H46N4Ru. The molecule has 218 valence electrons. The minimum absolute atomic E-state index is 0. The number of aromatic amines is 2. The van der Waals surface area contributed by atoms with Crippen molar-refractivity contribution in [1.82, 2.24) is 19.9 Å². The van der Waals surface area contributed by atoms with E-state index in [0.29, 0.717) is 0 Å². The zero-order chi connectivity index (χ0) is 28.6. The molecule has 0 aromatic carbocycles. The van der Waals surface area contributed by atoms with E-state index in [4.69, 9.17) is 9.97 Å². The maximum atomic E-state index is 5.28. The fourth-order valence-corrected chi connectivity index (χ4v) is 7.10. The van der Waals surface area contributed by atoms with Gasteiger partial charge in [-0.25, -0.2) is 9.97 Å². The van der Waals surface area contributed by atoms with Crippen molar-refractivity contribution in [3.63, 3.8) is 0 Å². The van der Waals surface area contributed by atoms with Gasteiger partial charge in [0.15, 0.2) is 0 Å². The molecule has 0 amide bonds. The van der Waals surface area contributed by atoms with E-state index >= 15 is 0 Å². The molecule has 0 atom stereocenters. The quantitative estimate of drug-likeness (QED) is 0.242. The second kappa shape index (κ2) is 13.0. The summed E-state index contributed by atoms with van der Waals surface area (Å²) >= 11 is 0. The van der Waals surface area contributed by atoms with Gasteiger partial charge in [0.05, 0.1) is 22.8 Å². The van der Waals surface area contributed by atoms with Gasteiger partial charge in [-0.3, -0.25) is 0 Å². The Morgan fingerprint density at radius 1 is 0.390 bits per heavy atom. The van der Waals surface area contributed by atoms with Gasteiger partial charge in [-0.15, -0.1) is 0 Å². The minimum atomic E-state index is 0. The van der Waals surface area contributed by atoms with E-state index in [0.717, 1.165) is 74.1 Å². The molecule has 0 unspecified atom stereocenters. The van der Waals surface area contributed by atoms with Gasteiger partial charge in [-0.05, 0) is 120 Å². The molecule has 5 heterocycles. The molecule has 41 heavy (non-hydrogen) atoms. The molecule has 4 nitrogen and oxygen atoms in total. The van der Waals surface area contributed by atoms with Gasteiger partial charge in [0, 0.05) is 41.5 Å². The summed E-state index contributed by atoms with van der Waals surface area (Å²) in [5.74, 6) is 0. The van der Waals surface area contributed by atoms with Gasteiger partial charge in [-0.2, -0.15) is 0 Å². The monoisotopic (exact) mass is 636 g/mol. The molecule has 0 saturated heterocycles. The Bertz CT molecular complexity index is 1560. The van der Waals surface area contributed by atoms with E-state index in [-0.39, 0.29) is 19.5 Å². The number of H-pyrrole nitrogens is 2. The zero-order valence-corrected chi connectivity index (χ0v) is 28.0. The molecule has 0 radical (unpaired) electrons. The SMILES string of the molecule is CCC1=C(CC)c2cc3[nH]c(cc4[nH]c(cc5nc(cc1n2)C(CC)=C5CC)c(CC)c4CC)c(CC)c3CC.[Ru]. The summed E-state index contributed by atoms with van der Waals surface area (Å²) < 4.78 is 0. The summed E-state index contributed by atoms with van der Waals surface area (Å²) in [6.07, 6.45) is 7.84. The molecule has 0 aliphatic carbocycles. The number of rotatable bonds is 8. The van der Waals surface area contributed by atoms with Crippen molar-refractivity contribution in [1.29, 1.82) is 0 Å². The smallest absolute Gasteiger partial charge is 0.0694 e. The largest absolute Gasteiger partial charge is 0.355 e. The Morgan fingerprint density at radius 2 is 0.659 bits per heavy atom. The maximum Gasteiger partial charge on any atom is 0.0694 e. The van der Waals surface area contributed by atoms with Gasteiger partial charge in [0.1, 0.15) is 0 Å². The first-order valence-electron chi connectivity index (χ1n) is 15.7. The predicted molar refractivity (Wildman–Crippen MR) is 173 cm³/mol. The van der Waals surface area contributed by atoms with E-state index in [1.807, 2.05) is 0 Å². The number of fused-ring (bicyclic) bond motifs is 8. The normalized spacial score (nSPS) is 13.3. The molecule has 3 aromatic rings. The molecule has 2 aliphatic rings. The molecular weight excluding hydrogens is 589 g/mol. The summed E-state index contributed by atoms with van der Waals surface area (Å²) in [6.45, 7) is 18.1. The molecule has 2 N–H and O–H groups in total. The second-order valence-electron chi connectivity index (χ2n) is 10.9. The van der Waals surface area contributed by atoms with Crippen LogP contribution in [0, 0.1) is 0 Å². The molecule has 0 saturated carbocycles. The molecule has 3 aromatic heterocycles. The van der Waals surface area contributed by atoms with Crippen molar-refractivity contribution in [3.8, 4) is 0 Å². The first kappa shape index (κ1) is 31.2. The van der Waals surface area contributed by atoms with E-state index in [1.165, 1.54) is 66.6 Å². The van der Waals surface area contributed by atoms with Gasteiger partial charge >= 0.3 is 0 Å². The van der Waals surface area contributed by atoms with Crippen LogP contribution in [0.5, 0.6) is 0 Å². The summed E-state index contributed by atoms with van der Waals surface area (Å²) in [5, 5.41) is 0. The van der Waals surface area contributed by atoms with E-state index < -0.39 is 0 Å². The average molecular weight is 636 g/mol. The molecule has 0 fully saturated rings. The van der Waals surface area contributed by atoms with Crippen LogP contribution in [0.2, 0.25) is 0 Å². The standard InChI is InChI=1S/C36H46N4.Ru/c1-9-21-22(10-2)30-18-32-25(13-5)26(14-6)34(39-32)20-36-28(16-8)27(15-7)35(40-36)19-33-24(12-4)23(11-3)31(38-33)17-29(21)37-30;/h17-20,37-38H,9-16H2,1-8H3;. The Labute approximate surface area is 259 Å². The van der Waals surface area contributed by atoms with Gasteiger partial charge in [0.2, 0.25) is 0 Å². The summed E-state index contributed by atoms with van der Waals surface area (Å²) in [7, 11) is 0. The Morgan fingerprint density at radius 3 is 0.927 bits per heavy atom. The van der Waals surface area contributed by atoms with Crippen LogP contribution in [-0.4, -0.2) is 19.9 Å². The van der Waals surface area contributed by atoms with Crippen molar-refractivity contribution in [2.24, 2.45) is 0 Å². The molecule has 2 aliphatic heterocycles. The Balaban J connectivity index is 0.00000387. The summed E-state index contributed by atoms with van der Waals surface area (Å²) in [4.78, 5) is 18.2. The summed E-state index contributed by atoms with van der Waals surface area (Å²) in [5.41, 5.74) is 20.2. The first-order valence-corrected chi connectivity index (χ1v) is 15.7. The van der Waals surface area contributed by atoms with Crippen molar-refractivity contribution in [2.75, 3.05) is 0 Å². The van der Waals surface area contributed by atoms with Crippen LogP contribution in [0.1, 0.15) is 126 Å².